The number of hydrogen-bond donors (Lipinski definition) is 2. The van der Waals surface area contributed by atoms with E-state index in [1.807, 2.05) is 54.6 Å². The molecule has 0 fully saturated rings. The number of aromatic amines is 1. The van der Waals surface area contributed by atoms with Crippen LogP contribution in [-0.4, -0.2) is 41.3 Å². The molecule has 0 bridgehead atoms. The van der Waals surface area contributed by atoms with Crippen LogP contribution in [0.1, 0.15) is 41.6 Å². The molecule has 0 saturated heterocycles. The van der Waals surface area contributed by atoms with Gasteiger partial charge in [-0.25, -0.2) is 9.78 Å². The normalized spacial score (nSPS) is 11.1. The number of unbranched alkanes of at least 4 members (excludes halogenated alkanes) is 1. The molecule has 2 N–H and O–H groups in total. The van der Waals surface area contributed by atoms with Crippen LogP contribution in [0.25, 0.3) is 33.6 Å². The van der Waals surface area contributed by atoms with E-state index in [0.717, 1.165) is 46.2 Å². The summed E-state index contributed by atoms with van der Waals surface area (Å²) in [7, 11) is 0. The molecule has 8 nitrogen and oxygen atoms in total. The van der Waals surface area contributed by atoms with E-state index in [9.17, 15) is 9.90 Å². The monoisotopic (exact) mass is 512 g/mol. The summed E-state index contributed by atoms with van der Waals surface area (Å²) in [6.07, 6.45) is 2.55. The minimum atomic E-state index is -1.08. The standard InChI is InChI=1S/C28H25ClN6O2/c1-2-3-9-24-30-26(29)25(28(36)37)35(24)17-18-10-12-20(13-11-18)23-16-21(19-7-5-4-6-8-19)14-15-22(23)27-31-33-34-32-27/h4-8,10-16H,2-3,9,17H2,1H3,(H,36,37)(H,31,32,33,34). The minimum Gasteiger partial charge on any atom is -0.476 e. The summed E-state index contributed by atoms with van der Waals surface area (Å²) in [6, 6.07) is 24.4. The van der Waals surface area contributed by atoms with Crippen LogP contribution in [0, 0.1) is 0 Å². The van der Waals surface area contributed by atoms with Gasteiger partial charge >= 0.3 is 5.97 Å². The molecule has 0 radical (unpaired) electrons. The highest BCUT2D eigenvalue weighted by Gasteiger charge is 2.21. The van der Waals surface area contributed by atoms with E-state index in [0.29, 0.717) is 24.6 Å². The van der Waals surface area contributed by atoms with Gasteiger partial charge in [-0.15, -0.1) is 10.2 Å². The molecule has 9 heteroatoms. The lowest BCUT2D eigenvalue weighted by molar-refractivity contribution is 0.0685. The molecule has 0 aliphatic carbocycles. The second kappa shape index (κ2) is 10.8. The fourth-order valence-corrected chi connectivity index (χ4v) is 4.68. The van der Waals surface area contributed by atoms with E-state index in [1.54, 1.807) is 4.57 Å². The smallest absolute Gasteiger partial charge is 0.355 e. The largest absolute Gasteiger partial charge is 0.476 e. The highest BCUT2D eigenvalue weighted by molar-refractivity contribution is 6.32. The first-order chi connectivity index (χ1) is 18.0. The number of halogens is 1. The Morgan fingerprint density at radius 3 is 2.41 bits per heavy atom. The lowest BCUT2D eigenvalue weighted by Crippen LogP contribution is -2.13. The number of carbonyl (C=O) groups is 1. The predicted molar refractivity (Wildman–Crippen MR) is 142 cm³/mol. The number of nitrogens with zero attached hydrogens (tertiary/aromatic N) is 5. The van der Waals surface area contributed by atoms with Crippen molar-refractivity contribution < 1.29 is 9.90 Å². The zero-order valence-electron chi connectivity index (χ0n) is 20.2. The number of imidazole rings is 1. The first kappa shape index (κ1) is 24.4. The SMILES string of the molecule is CCCCc1nc(Cl)c(C(=O)O)n1Cc1ccc(-c2cc(-c3ccccc3)ccc2-c2nn[nH]n2)cc1. The van der Waals surface area contributed by atoms with Crippen molar-refractivity contribution in [3.63, 3.8) is 0 Å². The first-order valence-electron chi connectivity index (χ1n) is 12.1. The Kier molecular flexibility index (Phi) is 7.09. The summed E-state index contributed by atoms with van der Waals surface area (Å²) in [6.45, 7) is 2.45. The number of aryl methyl sites for hydroxylation is 1. The molecule has 3 aromatic carbocycles. The molecule has 5 rings (SSSR count). The first-order valence-corrected chi connectivity index (χ1v) is 12.4. The van der Waals surface area contributed by atoms with Gasteiger partial charge in [0.15, 0.2) is 10.8 Å². The lowest BCUT2D eigenvalue weighted by atomic mass is 9.93. The summed E-state index contributed by atoms with van der Waals surface area (Å²) < 4.78 is 1.70. The molecule has 0 aliphatic heterocycles. The Bertz CT molecular complexity index is 1510. The highest BCUT2D eigenvalue weighted by atomic mass is 35.5. The Balaban J connectivity index is 1.51. The maximum absolute atomic E-state index is 11.9. The topological polar surface area (TPSA) is 110 Å². The molecular formula is C28H25ClN6O2. The Morgan fingerprint density at radius 1 is 0.973 bits per heavy atom. The van der Waals surface area contributed by atoms with Crippen LogP contribution in [0.2, 0.25) is 5.15 Å². The maximum Gasteiger partial charge on any atom is 0.355 e. The Labute approximate surface area is 219 Å². The molecule has 5 aromatic rings. The van der Waals surface area contributed by atoms with Gasteiger partial charge in [-0.1, -0.05) is 85.6 Å². The van der Waals surface area contributed by atoms with E-state index in [-0.39, 0.29) is 10.8 Å². The summed E-state index contributed by atoms with van der Waals surface area (Å²) in [5.74, 6) is 0.112. The van der Waals surface area contributed by atoms with Gasteiger partial charge < -0.3 is 9.67 Å². The van der Waals surface area contributed by atoms with Crippen molar-refractivity contribution in [1.82, 2.24) is 30.2 Å². The van der Waals surface area contributed by atoms with Gasteiger partial charge in [0, 0.05) is 18.5 Å². The van der Waals surface area contributed by atoms with Gasteiger partial charge in [0.1, 0.15) is 5.82 Å². The van der Waals surface area contributed by atoms with Crippen LogP contribution in [0.3, 0.4) is 0 Å². The van der Waals surface area contributed by atoms with Crippen LogP contribution < -0.4 is 0 Å². The number of carboxylic acid groups (broad SMARTS) is 1. The molecule has 0 amide bonds. The van der Waals surface area contributed by atoms with E-state index in [4.69, 9.17) is 11.6 Å². The molecule has 186 valence electrons. The maximum atomic E-state index is 11.9. The average molecular weight is 513 g/mol. The van der Waals surface area contributed by atoms with Gasteiger partial charge in [-0.2, -0.15) is 5.21 Å². The fraction of sp³-hybridized carbons (Fsp3) is 0.179. The average Bonchev–Trinajstić information content (AvgIpc) is 3.56. The van der Waals surface area contributed by atoms with Crippen molar-refractivity contribution in [1.29, 1.82) is 0 Å². The fourth-order valence-electron chi connectivity index (χ4n) is 4.40. The highest BCUT2D eigenvalue weighted by Crippen LogP contribution is 2.34. The van der Waals surface area contributed by atoms with Crippen molar-refractivity contribution in [2.24, 2.45) is 0 Å². The van der Waals surface area contributed by atoms with E-state index in [1.165, 1.54) is 0 Å². The predicted octanol–water partition coefficient (Wildman–Crippen LogP) is 6.14. The van der Waals surface area contributed by atoms with Gasteiger partial charge in [0.05, 0.1) is 0 Å². The molecule has 37 heavy (non-hydrogen) atoms. The molecule has 0 saturated carbocycles. The van der Waals surface area contributed by atoms with Crippen LogP contribution in [0.4, 0.5) is 0 Å². The van der Waals surface area contributed by atoms with E-state index in [2.05, 4.69) is 50.7 Å². The number of carboxylic acids is 1. The quantitative estimate of drug-likeness (QED) is 0.245. The number of H-pyrrole nitrogens is 1. The van der Waals surface area contributed by atoms with Crippen molar-refractivity contribution >= 4 is 17.6 Å². The van der Waals surface area contributed by atoms with Crippen LogP contribution in [0.15, 0.2) is 72.8 Å². The Hall–Kier alpha value is -4.30. The number of benzene rings is 3. The second-order valence-corrected chi connectivity index (χ2v) is 9.08. The van der Waals surface area contributed by atoms with Crippen LogP contribution in [-0.2, 0) is 13.0 Å². The second-order valence-electron chi connectivity index (χ2n) is 8.72. The zero-order valence-corrected chi connectivity index (χ0v) is 21.0. The van der Waals surface area contributed by atoms with Gasteiger partial charge in [-0.3, -0.25) is 0 Å². The molecule has 2 aromatic heterocycles. The molecule has 0 aliphatic rings. The summed E-state index contributed by atoms with van der Waals surface area (Å²) in [4.78, 5) is 16.2. The number of tetrazole rings is 1. The van der Waals surface area contributed by atoms with E-state index >= 15 is 0 Å². The van der Waals surface area contributed by atoms with Crippen LogP contribution in [0.5, 0.6) is 0 Å². The third-order valence-electron chi connectivity index (χ3n) is 6.28. The molecule has 0 atom stereocenters. The number of nitrogens with one attached hydrogen (secondary N) is 1. The third-order valence-corrected chi connectivity index (χ3v) is 6.54. The van der Waals surface area contributed by atoms with Crippen molar-refractivity contribution in [3.05, 3.63) is 95.0 Å². The van der Waals surface area contributed by atoms with Crippen molar-refractivity contribution in [3.8, 4) is 33.6 Å². The number of rotatable bonds is 9. The number of aromatic nitrogens is 6. The van der Waals surface area contributed by atoms with E-state index < -0.39 is 5.97 Å². The van der Waals surface area contributed by atoms with Gasteiger partial charge in [0.2, 0.25) is 5.82 Å². The molecular weight excluding hydrogens is 488 g/mol. The van der Waals surface area contributed by atoms with Crippen LogP contribution >= 0.6 is 11.6 Å². The summed E-state index contributed by atoms with van der Waals surface area (Å²) in [5, 5.41) is 24.4. The third kappa shape index (κ3) is 5.15. The van der Waals surface area contributed by atoms with Crippen molar-refractivity contribution in [2.75, 3.05) is 0 Å². The Morgan fingerprint density at radius 2 is 1.73 bits per heavy atom. The van der Waals surface area contributed by atoms with Gasteiger partial charge in [0.25, 0.3) is 0 Å². The minimum absolute atomic E-state index is 0.0202. The number of hydrogen-bond acceptors (Lipinski definition) is 5. The van der Waals surface area contributed by atoms with Gasteiger partial charge in [-0.05, 0) is 51.6 Å². The molecule has 0 unspecified atom stereocenters. The summed E-state index contributed by atoms with van der Waals surface area (Å²) >= 11 is 6.19. The molecule has 0 spiro atoms. The zero-order chi connectivity index (χ0) is 25.8. The summed E-state index contributed by atoms with van der Waals surface area (Å²) in [5.41, 5.74) is 5.96. The van der Waals surface area contributed by atoms with Crippen molar-refractivity contribution in [2.45, 2.75) is 32.7 Å². The number of aromatic carboxylic acids is 1. The lowest BCUT2D eigenvalue weighted by Gasteiger charge is -2.13. The molecule has 2 heterocycles.